The van der Waals surface area contributed by atoms with Crippen LogP contribution in [0.5, 0.6) is 5.75 Å². The summed E-state index contributed by atoms with van der Waals surface area (Å²) in [4.78, 5) is 12.8. The molecule has 0 radical (unpaired) electrons. The fourth-order valence-electron chi connectivity index (χ4n) is 2.75. The standard InChI is InChI=1S/C15H17N3O2S/c1-10-17-18-14(21-10)16-13(19)15(8-5-9-15)11-6-3-4-7-12(11)20-2/h3-4,6-7H,5,8-9H2,1-2H3,(H,16,18,19). The maximum atomic E-state index is 12.8. The molecule has 21 heavy (non-hydrogen) atoms. The van der Waals surface area contributed by atoms with Gasteiger partial charge >= 0.3 is 0 Å². The van der Waals surface area contributed by atoms with E-state index in [-0.39, 0.29) is 5.91 Å². The molecule has 1 aliphatic rings. The molecule has 1 aromatic carbocycles. The van der Waals surface area contributed by atoms with E-state index in [9.17, 15) is 4.79 Å². The van der Waals surface area contributed by atoms with Crippen LogP contribution in [0.2, 0.25) is 0 Å². The van der Waals surface area contributed by atoms with E-state index < -0.39 is 5.41 Å². The van der Waals surface area contributed by atoms with Crippen LogP contribution >= 0.6 is 11.3 Å². The molecule has 0 spiro atoms. The summed E-state index contributed by atoms with van der Waals surface area (Å²) in [6, 6.07) is 7.74. The van der Waals surface area contributed by atoms with Crippen LogP contribution < -0.4 is 10.1 Å². The number of anilines is 1. The molecular formula is C15H17N3O2S. The Morgan fingerprint density at radius 3 is 2.67 bits per heavy atom. The first-order chi connectivity index (χ1) is 10.2. The van der Waals surface area contributed by atoms with Gasteiger partial charge in [0.2, 0.25) is 11.0 Å². The zero-order valence-electron chi connectivity index (χ0n) is 12.0. The second-order valence-corrected chi connectivity index (χ2v) is 6.40. The van der Waals surface area contributed by atoms with Gasteiger partial charge in [-0.15, -0.1) is 10.2 Å². The minimum absolute atomic E-state index is 0.0191. The van der Waals surface area contributed by atoms with E-state index in [0.717, 1.165) is 35.6 Å². The largest absolute Gasteiger partial charge is 0.496 e. The Balaban J connectivity index is 1.91. The first kappa shape index (κ1) is 14.0. The lowest BCUT2D eigenvalue weighted by Crippen LogP contribution is -2.46. The second-order valence-electron chi connectivity index (χ2n) is 5.22. The molecule has 2 aromatic rings. The molecule has 1 saturated carbocycles. The highest BCUT2D eigenvalue weighted by Gasteiger charge is 2.47. The molecule has 0 unspecified atom stereocenters. The number of aryl methyl sites for hydroxylation is 1. The molecular weight excluding hydrogens is 286 g/mol. The number of nitrogens with zero attached hydrogens (tertiary/aromatic N) is 2. The van der Waals surface area contributed by atoms with Crippen molar-refractivity contribution in [2.75, 3.05) is 12.4 Å². The number of rotatable bonds is 4. The van der Waals surface area contributed by atoms with Crippen LogP contribution in [0.25, 0.3) is 0 Å². The van der Waals surface area contributed by atoms with E-state index >= 15 is 0 Å². The molecule has 110 valence electrons. The van der Waals surface area contributed by atoms with Crippen molar-refractivity contribution in [2.45, 2.75) is 31.6 Å². The second kappa shape index (κ2) is 5.44. The van der Waals surface area contributed by atoms with Crippen molar-refractivity contribution in [3.05, 3.63) is 34.8 Å². The Morgan fingerprint density at radius 2 is 2.10 bits per heavy atom. The van der Waals surface area contributed by atoms with Crippen LogP contribution in [0.3, 0.4) is 0 Å². The van der Waals surface area contributed by atoms with E-state index in [2.05, 4.69) is 15.5 Å². The highest BCUT2D eigenvalue weighted by Crippen LogP contribution is 2.47. The maximum Gasteiger partial charge on any atom is 0.236 e. The topological polar surface area (TPSA) is 64.1 Å². The third-order valence-electron chi connectivity index (χ3n) is 4.01. The first-order valence-electron chi connectivity index (χ1n) is 6.91. The van der Waals surface area contributed by atoms with Gasteiger partial charge in [0.1, 0.15) is 10.8 Å². The number of hydrogen-bond acceptors (Lipinski definition) is 5. The smallest absolute Gasteiger partial charge is 0.236 e. The fourth-order valence-corrected chi connectivity index (χ4v) is 3.34. The number of methoxy groups -OCH3 is 1. The highest BCUT2D eigenvalue weighted by molar-refractivity contribution is 7.15. The van der Waals surface area contributed by atoms with Crippen molar-refractivity contribution in [2.24, 2.45) is 0 Å². The molecule has 1 aromatic heterocycles. The molecule has 0 bridgehead atoms. The summed E-state index contributed by atoms with van der Waals surface area (Å²) in [7, 11) is 1.64. The number of hydrogen-bond donors (Lipinski definition) is 1. The number of aromatic nitrogens is 2. The summed E-state index contributed by atoms with van der Waals surface area (Å²) >= 11 is 1.39. The van der Waals surface area contributed by atoms with Crippen LogP contribution in [0, 0.1) is 6.92 Å². The summed E-state index contributed by atoms with van der Waals surface area (Å²) in [6.45, 7) is 1.87. The van der Waals surface area contributed by atoms with Crippen LogP contribution in [0.15, 0.2) is 24.3 Å². The van der Waals surface area contributed by atoms with Gasteiger partial charge in [0.05, 0.1) is 12.5 Å². The molecule has 0 atom stereocenters. The minimum atomic E-state index is -0.508. The van der Waals surface area contributed by atoms with E-state index in [1.165, 1.54) is 11.3 Å². The van der Waals surface area contributed by atoms with Crippen molar-refractivity contribution >= 4 is 22.4 Å². The predicted octanol–water partition coefficient (Wildman–Crippen LogP) is 2.92. The average molecular weight is 303 g/mol. The Hall–Kier alpha value is -1.95. The highest BCUT2D eigenvalue weighted by atomic mass is 32.1. The Bertz CT molecular complexity index is 664. The first-order valence-corrected chi connectivity index (χ1v) is 7.72. The Kier molecular flexibility index (Phi) is 3.63. The van der Waals surface area contributed by atoms with Gasteiger partial charge in [-0.05, 0) is 25.8 Å². The van der Waals surface area contributed by atoms with Crippen LogP contribution in [0.4, 0.5) is 5.13 Å². The number of ether oxygens (including phenoxy) is 1. The summed E-state index contributed by atoms with van der Waals surface area (Å²) in [5.41, 5.74) is 0.448. The molecule has 0 saturated heterocycles. The van der Waals surface area contributed by atoms with Gasteiger partial charge in [-0.3, -0.25) is 10.1 Å². The van der Waals surface area contributed by atoms with Gasteiger partial charge < -0.3 is 4.74 Å². The summed E-state index contributed by atoms with van der Waals surface area (Å²) in [6.07, 6.45) is 2.70. The van der Waals surface area contributed by atoms with Gasteiger partial charge in [0.15, 0.2) is 0 Å². The monoisotopic (exact) mass is 303 g/mol. The summed E-state index contributed by atoms with van der Waals surface area (Å²) < 4.78 is 5.43. The van der Waals surface area contributed by atoms with Gasteiger partial charge in [-0.1, -0.05) is 36.0 Å². The third-order valence-corrected chi connectivity index (χ3v) is 4.76. The molecule has 1 heterocycles. The lowest BCUT2D eigenvalue weighted by Gasteiger charge is -2.41. The minimum Gasteiger partial charge on any atom is -0.496 e. The number of carbonyl (C=O) groups excluding carboxylic acids is 1. The van der Waals surface area contributed by atoms with Gasteiger partial charge in [0, 0.05) is 5.56 Å². The van der Waals surface area contributed by atoms with Gasteiger partial charge in [0.25, 0.3) is 0 Å². The Labute approximate surface area is 127 Å². The lowest BCUT2D eigenvalue weighted by molar-refractivity contribution is -0.124. The molecule has 1 aliphatic carbocycles. The van der Waals surface area contributed by atoms with Crippen molar-refractivity contribution in [3.8, 4) is 5.75 Å². The van der Waals surface area contributed by atoms with Gasteiger partial charge in [-0.25, -0.2) is 0 Å². The molecule has 1 fully saturated rings. The van der Waals surface area contributed by atoms with E-state index in [1.54, 1.807) is 7.11 Å². The SMILES string of the molecule is COc1ccccc1C1(C(=O)Nc2nnc(C)s2)CCC1. The number of amides is 1. The van der Waals surface area contributed by atoms with E-state index in [4.69, 9.17) is 4.74 Å². The summed E-state index contributed by atoms with van der Waals surface area (Å²) in [5.74, 6) is 0.746. The molecule has 1 amide bonds. The van der Waals surface area contributed by atoms with E-state index in [0.29, 0.717) is 5.13 Å². The molecule has 6 heteroatoms. The van der Waals surface area contributed by atoms with Crippen molar-refractivity contribution in [1.82, 2.24) is 10.2 Å². The zero-order valence-corrected chi connectivity index (χ0v) is 12.9. The fraction of sp³-hybridized carbons (Fsp3) is 0.400. The van der Waals surface area contributed by atoms with Crippen LogP contribution in [-0.2, 0) is 10.2 Å². The number of benzene rings is 1. The van der Waals surface area contributed by atoms with Crippen molar-refractivity contribution in [1.29, 1.82) is 0 Å². The quantitative estimate of drug-likeness (QED) is 0.943. The van der Waals surface area contributed by atoms with E-state index in [1.807, 2.05) is 31.2 Å². The van der Waals surface area contributed by atoms with Crippen LogP contribution in [0.1, 0.15) is 29.8 Å². The van der Waals surface area contributed by atoms with Crippen LogP contribution in [-0.4, -0.2) is 23.2 Å². The normalized spacial score (nSPS) is 16.1. The number of nitrogens with one attached hydrogen (secondary N) is 1. The molecule has 5 nitrogen and oxygen atoms in total. The maximum absolute atomic E-state index is 12.8. The predicted molar refractivity (Wildman–Crippen MR) is 81.8 cm³/mol. The number of carbonyl (C=O) groups is 1. The number of para-hydroxylation sites is 1. The van der Waals surface area contributed by atoms with Gasteiger partial charge in [-0.2, -0.15) is 0 Å². The van der Waals surface area contributed by atoms with Crippen molar-refractivity contribution in [3.63, 3.8) is 0 Å². The lowest BCUT2D eigenvalue weighted by atomic mass is 9.63. The zero-order chi connectivity index (χ0) is 14.9. The molecule has 1 N–H and O–H groups in total. The third kappa shape index (κ3) is 2.40. The average Bonchev–Trinajstić information content (AvgIpc) is 2.83. The summed E-state index contributed by atoms with van der Waals surface area (Å²) in [5, 5.41) is 12.2. The Morgan fingerprint density at radius 1 is 1.33 bits per heavy atom. The molecule has 3 rings (SSSR count). The molecule has 0 aliphatic heterocycles. The van der Waals surface area contributed by atoms with Crippen molar-refractivity contribution < 1.29 is 9.53 Å².